The normalized spacial score (nSPS) is 11.0. The number of H-pyrrole nitrogens is 1. The van der Waals surface area contributed by atoms with Crippen LogP contribution in [0.25, 0.3) is 11.3 Å². The molecule has 0 unspecified atom stereocenters. The van der Waals surface area contributed by atoms with E-state index < -0.39 is 9.84 Å². The van der Waals surface area contributed by atoms with Crippen molar-refractivity contribution in [3.63, 3.8) is 0 Å². The number of benzene rings is 1. The Morgan fingerprint density at radius 2 is 1.95 bits per heavy atom. The molecule has 1 aromatic heterocycles. The Kier molecular flexibility index (Phi) is 4.59. The zero-order chi connectivity index (χ0) is 15.3. The fourth-order valence-electron chi connectivity index (χ4n) is 1.78. The topological polar surface area (TPSA) is 79.0 Å². The van der Waals surface area contributed by atoms with Gasteiger partial charge in [-0.25, -0.2) is 8.42 Å². The number of rotatable bonds is 6. The molecule has 0 saturated heterocycles. The van der Waals surface area contributed by atoms with E-state index in [-0.39, 0.29) is 18.1 Å². The Morgan fingerprint density at radius 1 is 1.24 bits per heavy atom. The molecule has 2 rings (SSSR count). The van der Waals surface area contributed by atoms with Gasteiger partial charge in [0.2, 0.25) is 5.91 Å². The molecule has 0 spiro atoms. The van der Waals surface area contributed by atoms with E-state index in [2.05, 4.69) is 16.9 Å². The first kappa shape index (κ1) is 15.1. The van der Waals surface area contributed by atoms with E-state index in [1.807, 2.05) is 30.5 Å². The number of carbonyl (C=O) groups excluding carboxylic acids is 1. The molecule has 0 radical (unpaired) electrons. The van der Waals surface area contributed by atoms with Crippen LogP contribution in [0.1, 0.15) is 6.42 Å². The number of anilines is 1. The molecule has 21 heavy (non-hydrogen) atoms. The average Bonchev–Trinajstić information content (AvgIpc) is 3.00. The van der Waals surface area contributed by atoms with Crippen LogP contribution in [0.3, 0.4) is 0 Å². The Balaban J connectivity index is 1.94. The quantitative estimate of drug-likeness (QED) is 0.861. The maximum atomic E-state index is 11.7. The summed E-state index contributed by atoms with van der Waals surface area (Å²) in [7, 11) is -3.34. The number of aromatic amines is 1. The molecular weight excluding hydrogens is 288 g/mol. The molecule has 1 aromatic carbocycles. The van der Waals surface area contributed by atoms with E-state index in [9.17, 15) is 13.2 Å². The van der Waals surface area contributed by atoms with Gasteiger partial charge >= 0.3 is 0 Å². The summed E-state index contributed by atoms with van der Waals surface area (Å²) < 4.78 is 22.5. The Morgan fingerprint density at radius 3 is 2.52 bits per heavy atom. The van der Waals surface area contributed by atoms with Crippen molar-refractivity contribution in [1.82, 2.24) is 4.98 Å². The van der Waals surface area contributed by atoms with E-state index in [0.717, 1.165) is 16.7 Å². The Hall–Kier alpha value is -2.34. The molecule has 1 heterocycles. The summed E-state index contributed by atoms with van der Waals surface area (Å²) in [4.78, 5) is 14.8. The lowest BCUT2D eigenvalue weighted by Crippen LogP contribution is -2.16. The van der Waals surface area contributed by atoms with Crippen molar-refractivity contribution in [3.8, 4) is 11.3 Å². The van der Waals surface area contributed by atoms with Crippen LogP contribution in [0.5, 0.6) is 0 Å². The van der Waals surface area contributed by atoms with Crippen LogP contribution in [0.15, 0.2) is 54.6 Å². The summed E-state index contributed by atoms with van der Waals surface area (Å²) in [6, 6.07) is 11.2. The predicted octanol–water partition coefficient (Wildman–Crippen LogP) is 2.57. The van der Waals surface area contributed by atoms with Gasteiger partial charge in [0.15, 0.2) is 9.84 Å². The summed E-state index contributed by atoms with van der Waals surface area (Å²) in [6.07, 6.45) is 1.75. The highest BCUT2D eigenvalue weighted by Crippen LogP contribution is 2.19. The number of hydrogen-bond donors (Lipinski definition) is 2. The highest BCUT2D eigenvalue weighted by atomic mass is 32.2. The summed E-state index contributed by atoms with van der Waals surface area (Å²) in [5.41, 5.74) is 2.63. The molecule has 0 aliphatic heterocycles. The van der Waals surface area contributed by atoms with E-state index in [4.69, 9.17) is 0 Å². The number of amides is 1. The van der Waals surface area contributed by atoms with Gasteiger partial charge in [-0.05, 0) is 29.8 Å². The van der Waals surface area contributed by atoms with Gasteiger partial charge in [0, 0.05) is 29.4 Å². The second kappa shape index (κ2) is 6.41. The molecule has 0 aliphatic rings. The Bertz CT molecular complexity index is 717. The monoisotopic (exact) mass is 304 g/mol. The lowest BCUT2D eigenvalue weighted by molar-refractivity contribution is -0.115. The van der Waals surface area contributed by atoms with Crippen molar-refractivity contribution in [3.05, 3.63) is 54.6 Å². The van der Waals surface area contributed by atoms with Gasteiger partial charge in [-0.15, -0.1) is 0 Å². The lowest BCUT2D eigenvalue weighted by Gasteiger charge is -2.06. The second-order valence-corrected chi connectivity index (χ2v) is 6.56. The van der Waals surface area contributed by atoms with Crippen LogP contribution in [0, 0.1) is 0 Å². The summed E-state index contributed by atoms with van der Waals surface area (Å²) in [5, 5.41) is 3.53. The summed E-state index contributed by atoms with van der Waals surface area (Å²) >= 11 is 0. The SMILES string of the molecule is C=CS(=O)(=O)CCC(=O)Nc1ccc(-c2ccc[nH]2)cc1. The van der Waals surface area contributed by atoms with Crippen LogP contribution in [0.2, 0.25) is 0 Å². The highest BCUT2D eigenvalue weighted by Gasteiger charge is 2.10. The smallest absolute Gasteiger partial charge is 0.225 e. The van der Waals surface area contributed by atoms with E-state index in [1.165, 1.54) is 0 Å². The predicted molar refractivity (Wildman–Crippen MR) is 83.5 cm³/mol. The standard InChI is InChI=1S/C15H16N2O3S/c1-2-21(19,20)11-9-15(18)17-13-7-5-12(6-8-13)14-4-3-10-16-14/h2-8,10,16H,1,9,11H2,(H,17,18). The van der Waals surface area contributed by atoms with E-state index in [0.29, 0.717) is 5.69 Å². The van der Waals surface area contributed by atoms with E-state index in [1.54, 1.807) is 12.1 Å². The third kappa shape index (κ3) is 4.32. The first-order valence-corrected chi connectivity index (χ1v) is 8.10. The van der Waals surface area contributed by atoms with Crippen LogP contribution in [-0.4, -0.2) is 25.1 Å². The minimum absolute atomic E-state index is 0.0905. The first-order valence-electron chi connectivity index (χ1n) is 6.39. The van der Waals surface area contributed by atoms with Crippen LogP contribution < -0.4 is 5.32 Å². The maximum Gasteiger partial charge on any atom is 0.225 e. The van der Waals surface area contributed by atoms with Gasteiger partial charge in [-0.1, -0.05) is 18.7 Å². The fraction of sp³-hybridized carbons (Fsp3) is 0.133. The average molecular weight is 304 g/mol. The van der Waals surface area contributed by atoms with Gasteiger partial charge in [-0.2, -0.15) is 0 Å². The van der Waals surface area contributed by atoms with Crippen molar-refractivity contribution in [2.24, 2.45) is 0 Å². The first-order chi connectivity index (χ1) is 10.00. The van der Waals surface area contributed by atoms with Crippen molar-refractivity contribution >= 4 is 21.4 Å². The number of carbonyl (C=O) groups is 1. The minimum atomic E-state index is -3.34. The number of sulfone groups is 1. The van der Waals surface area contributed by atoms with Crippen LogP contribution >= 0.6 is 0 Å². The third-order valence-corrected chi connectivity index (χ3v) is 4.23. The zero-order valence-corrected chi connectivity index (χ0v) is 12.2. The third-order valence-electron chi connectivity index (χ3n) is 2.95. The number of nitrogens with one attached hydrogen (secondary N) is 2. The Labute approximate surface area is 123 Å². The number of aromatic nitrogens is 1. The summed E-state index contributed by atoms with van der Waals surface area (Å²) in [6.45, 7) is 3.21. The molecule has 110 valence electrons. The van der Waals surface area contributed by atoms with Crippen LogP contribution in [-0.2, 0) is 14.6 Å². The zero-order valence-electron chi connectivity index (χ0n) is 11.4. The minimum Gasteiger partial charge on any atom is -0.361 e. The molecule has 1 amide bonds. The highest BCUT2D eigenvalue weighted by molar-refractivity contribution is 7.94. The second-order valence-electron chi connectivity index (χ2n) is 4.49. The molecule has 5 nitrogen and oxygen atoms in total. The molecule has 0 aliphatic carbocycles. The maximum absolute atomic E-state index is 11.7. The molecule has 0 bridgehead atoms. The van der Waals surface area contributed by atoms with Gasteiger partial charge in [0.1, 0.15) is 0 Å². The number of hydrogen-bond acceptors (Lipinski definition) is 3. The molecule has 2 aromatic rings. The van der Waals surface area contributed by atoms with Crippen molar-refractivity contribution in [1.29, 1.82) is 0 Å². The van der Waals surface area contributed by atoms with Crippen molar-refractivity contribution in [2.75, 3.05) is 11.1 Å². The van der Waals surface area contributed by atoms with Gasteiger partial charge in [0.05, 0.1) is 5.75 Å². The fourth-order valence-corrected chi connectivity index (χ4v) is 2.42. The van der Waals surface area contributed by atoms with Gasteiger partial charge in [0.25, 0.3) is 0 Å². The van der Waals surface area contributed by atoms with Gasteiger partial charge in [-0.3, -0.25) is 4.79 Å². The molecule has 0 atom stereocenters. The molecule has 2 N–H and O–H groups in total. The van der Waals surface area contributed by atoms with E-state index >= 15 is 0 Å². The molecule has 0 fully saturated rings. The van der Waals surface area contributed by atoms with Gasteiger partial charge < -0.3 is 10.3 Å². The van der Waals surface area contributed by atoms with Crippen LogP contribution in [0.4, 0.5) is 5.69 Å². The van der Waals surface area contributed by atoms with Crippen molar-refractivity contribution in [2.45, 2.75) is 6.42 Å². The van der Waals surface area contributed by atoms with Crippen molar-refractivity contribution < 1.29 is 13.2 Å². The largest absolute Gasteiger partial charge is 0.361 e. The molecule has 6 heteroatoms. The lowest BCUT2D eigenvalue weighted by atomic mass is 10.1. The molecular formula is C15H16N2O3S. The summed E-state index contributed by atoms with van der Waals surface area (Å²) in [5.74, 6) is -0.573. The molecule has 0 saturated carbocycles.